The zero-order valence-electron chi connectivity index (χ0n) is 11.3. The molecule has 2 rings (SSSR count). The normalized spacial score (nSPS) is 10.5. The Labute approximate surface area is 121 Å². The van der Waals surface area contributed by atoms with Gasteiger partial charge in [-0.3, -0.25) is 5.43 Å². The van der Waals surface area contributed by atoms with E-state index >= 15 is 0 Å². The lowest BCUT2D eigenvalue weighted by Gasteiger charge is -2.04. The number of hydrogen-bond acceptors (Lipinski definition) is 5. The van der Waals surface area contributed by atoms with Crippen molar-refractivity contribution in [3.63, 3.8) is 0 Å². The molecule has 21 heavy (non-hydrogen) atoms. The van der Waals surface area contributed by atoms with Gasteiger partial charge in [0.15, 0.2) is 0 Å². The third kappa shape index (κ3) is 3.73. The van der Waals surface area contributed by atoms with Crippen LogP contribution in [0.5, 0.6) is 11.5 Å². The average molecular weight is 286 g/mol. The van der Waals surface area contributed by atoms with Crippen LogP contribution in [0.25, 0.3) is 0 Å². The van der Waals surface area contributed by atoms with Crippen LogP contribution >= 0.6 is 0 Å². The van der Waals surface area contributed by atoms with Crippen molar-refractivity contribution in [1.82, 2.24) is 0 Å². The van der Waals surface area contributed by atoms with Crippen molar-refractivity contribution in [2.24, 2.45) is 5.10 Å². The fraction of sp³-hybridized carbons (Fsp3) is 0.0667. The maximum absolute atomic E-state index is 10.7. The highest BCUT2D eigenvalue weighted by molar-refractivity contribution is 5.88. The lowest BCUT2D eigenvalue weighted by atomic mass is 10.2. The van der Waals surface area contributed by atoms with Crippen LogP contribution < -0.4 is 10.2 Å². The molecule has 0 fully saturated rings. The molecule has 0 saturated heterocycles. The second kappa shape index (κ2) is 6.42. The largest absolute Gasteiger partial charge is 0.507 e. The van der Waals surface area contributed by atoms with Crippen molar-refractivity contribution in [3.8, 4) is 11.5 Å². The van der Waals surface area contributed by atoms with Crippen molar-refractivity contribution >= 4 is 17.9 Å². The van der Waals surface area contributed by atoms with E-state index in [2.05, 4.69) is 10.5 Å². The second-order valence-electron chi connectivity index (χ2n) is 4.18. The number of hydrogen-bond donors (Lipinski definition) is 3. The van der Waals surface area contributed by atoms with E-state index in [1.165, 1.54) is 31.5 Å². The predicted molar refractivity (Wildman–Crippen MR) is 79.3 cm³/mol. The first-order chi connectivity index (χ1) is 10.1. The molecule has 3 N–H and O–H groups in total. The van der Waals surface area contributed by atoms with Gasteiger partial charge in [0.05, 0.1) is 24.6 Å². The Morgan fingerprint density at radius 1 is 1.24 bits per heavy atom. The molecule has 0 aliphatic heterocycles. The number of carboxylic acids is 1. The van der Waals surface area contributed by atoms with E-state index in [4.69, 9.17) is 9.84 Å². The topological polar surface area (TPSA) is 91.2 Å². The molecule has 0 atom stereocenters. The highest BCUT2D eigenvalue weighted by Crippen LogP contribution is 2.21. The van der Waals surface area contributed by atoms with Crippen LogP contribution in [0.3, 0.4) is 0 Å². The summed E-state index contributed by atoms with van der Waals surface area (Å²) in [7, 11) is 1.54. The highest BCUT2D eigenvalue weighted by atomic mass is 16.5. The molecule has 0 bridgehead atoms. The lowest BCUT2D eigenvalue weighted by molar-refractivity contribution is 0.0697. The van der Waals surface area contributed by atoms with Crippen LogP contribution in [0.1, 0.15) is 15.9 Å². The number of carboxylic acid groups (broad SMARTS) is 1. The summed E-state index contributed by atoms with van der Waals surface area (Å²) in [5, 5.41) is 22.5. The van der Waals surface area contributed by atoms with Gasteiger partial charge in [0.25, 0.3) is 0 Å². The van der Waals surface area contributed by atoms with Gasteiger partial charge < -0.3 is 14.9 Å². The number of phenols is 1. The third-order valence-electron chi connectivity index (χ3n) is 2.76. The smallest absolute Gasteiger partial charge is 0.335 e. The first kappa shape index (κ1) is 14.4. The Hall–Kier alpha value is -3.02. The van der Waals surface area contributed by atoms with Crippen LogP contribution in [-0.2, 0) is 0 Å². The van der Waals surface area contributed by atoms with E-state index in [1.54, 1.807) is 24.3 Å². The predicted octanol–water partition coefficient (Wildman–Crippen LogP) is 2.54. The van der Waals surface area contributed by atoms with Crippen molar-refractivity contribution in [2.75, 3.05) is 12.5 Å². The Bertz CT molecular complexity index is 666. The molecule has 6 nitrogen and oxygen atoms in total. The summed E-state index contributed by atoms with van der Waals surface area (Å²) in [6.07, 6.45) is 1.45. The molecule has 0 amide bonds. The van der Waals surface area contributed by atoms with Gasteiger partial charge in [-0.15, -0.1) is 0 Å². The maximum atomic E-state index is 10.7. The number of aromatic carboxylic acids is 1. The molecular weight excluding hydrogens is 272 g/mol. The molecule has 0 aliphatic carbocycles. The van der Waals surface area contributed by atoms with Gasteiger partial charge >= 0.3 is 5.97 Å². The number of nitrogens with zero attached hydrogens (tertiary/aromatic N) is 1. The van der Waals surface area contributed by atoms with Gasteiger partial charge in [0.1, 0.15) is 11.5 Å². The number of hydrazone groups is 1. The van der Waals surface area contributed by atoms with Crippen LogP contribution in [0.4, 0.5) is 5.69 Å². The van der Waals surface area contributed by atoms with Gasteiger partial charge in [-0.2, -0.15) is 5.10 Å². The maximum Gasteiger partial charge on any atom is 0.335 e. The summed E-state index contributed by atoms with van der Waals surface area (Å²) >= 11 is 0. The van der Waals surface area contributed by atoms with Crippen LogP contribution in [-0.4, -0.2) is 29.5 Å². The molecular formula is C15H14N2O4. The van der Waals surface area contributed by atoms with Crippen LogP contribution in [0, 0.1) is 0 Å². The van der Waals surface area contributed by atoms with E-state index in [0.717, 1.165) is 0 Å². The first-order valence-corrected chi connectivity index (χ1v) is 6.09. The Morgan fingerprint density at radius 2 is 1.95 bits per heavy atom. The van der Waals surface area contributed by atoms with Gasteiger partial charge in [-0.05, 0) is 42.5 Å². The zero-order valence-corrected chi connectivity index (χ0v) is 11.3. The molecule has 0 unspecified atom stereocenters. The fourth-order valence-corrected chi connectivity index (χ4v) is 1.63. The SMILES string of the molecule is COc1ccc(O)c(/C=N/Nc2ccc(C(=O)O)cc2)c1. The molecule has 2 aromatic rings. The van der Waals surface area contributed by atoms with Crippen molar-refractivity contribution in [1.29, 1.82) is 0 Å². The Morgan fingerprint density at radius 3 is 2.57 bits per heavy atom. The number of aromatic hydroxyl groups is 1. The van der Waals surface area contributed by atoms with Crippen LogP contribution in [0.2, 0.25) is 0 Å². The lowest BCUT2D eigenvalue weighted by Crippen LogP contribution is -1.96. The Kier molecular flexibility index (Phi) is 4.40. The minimum atomic E-state index is -0.980. The number of anilines is 1. The standard InChI is InChI=1S/C15H14N2O4/c1-21-13-6-7-14(18)11(8-13)9-16-17-12-4-2-10(3-5-12)15(19)20/h2-9,17-18H,1H3,(H,19,20)/b16-9+. The number of benzene rings is 2. The van der Waals surface area contributed by atoms with Gasteiger partial charge in [0.2, 0.25) is 0 Å². The molecule has 2 aromatic carbocycles. The van der Waals surface area contributed by atoms with E-state index < -0.39 is 5.97 Å². The van der Waals surface area contributed by atoms with Gasteiger partial charge in [0, 0.05) is 5.56 Å². The monoisotopic (exact) mass is 286 g/mol. The minimum absolute atomic E-state index is 0.0857. The summed E-state index contributed by atoms with van der Waals surface area (Å²) in [6.45, 7) is 0. The van der Waals surface area contributed by atoms with Crippen LogP contribution in [0.15, 0.2) is 47.6 Å². The quantitative estimate of drug-likeness (QED) is 0.580. The third-order valence-corrected chi connectivity index (χ3v) is 2.76. The molecule has 0 spiro atoms. The van der Waals surface area contributed by atoms with Gasteiger partial charge in [-0.1, -0.05) is 0 Å². The summed E-state index contributed by atoms with van der Waals surface area (Å²) in [5.41, 5.74) is 4.09. The minimum Gasteiger partial charge on any atom is -0.507 e. The summed E-state index contributed by atoms with van der Waals surface area (Å²) < 4.78 is 5.06. The zero-order chi connectivity index (χ0) is 15.2. The number of rotatable bonds is 5. The second-order valence-corrected chi connectivity index (χ2v) is 4.18. The van der Waals surface area contributed by atoms with E-state index in [9.17, 15) is 9.90 Å². The van der Waals surface area contributed by atoms with E-state index in [1.807, 2.05) is 0 Å². The molecule has 6 heteroatoms. The fourth-order valence-electron chi connectivity index (χ4n) is 1.63. The molecule has 0 heterocycles. The highest BCUT2D eigenvalue weighted by Gasteiger charge is 2.02. The van der Waals surface area contributed by atoms with E-state index in [-0.39, 0.29) is 11.3 Å². The number of carbonyl (C=O) groups is 1. The Balaban J connectivity index is 2.06. The van der Waals surface area contributed by atoms with Gasteiger partial charge in [-0.25, -0.2) is 4.79 Å². The molecule has 0 aliphatic rings. The van der Waals surface area contributed by atoms with Crippen molar-refractivity contribution in [3.05, 3.63) is 53.6 Å². The molecule has 0 saturated carbocycles. The number of phenolic OH excluding ortho intramolecular Hbond substituents is 1. The number of methoxy groups -OCH3 is 1. The molecule has 0 radical (unpaired) electrons. The number of nitrogens with one attached hydrogen (secondary N) is 1. The number of ether oxygens (including phenoxy) is 1. The summed E-state index contributed by atoms with van der Waals surface area (Å²) in [5.74, 6) is -0.283. The summed E-state index contributed by atoms with van der Waals surface area (Å²) in [6, 6.07) is 11.0. The summed E-state index contributed by atoms with van der Waals surface area (Å²) in [4.78, 5) is 10.7. The molecule has 0 aromatic heterocycles. The average Bonchev–Trinajstić information content (AvgIpc) is 2.49. The first-order valence-electron chi connectivity index (χ1n) is 6.09. The van der Waals surface area contributed by atoms with Crippen molar-refractivity contribution < 1.29 is 19.7 Å². The van der Waals surface area contributed by atoms with E-state index in [0.29, 0.717) is 17.0 Å². The van der Waals surface area contributed by atoms with Crippen molar-refractivity contribution in [2.45, 2.75) is 0 Å². The molecule has 108 valence electrons.